The largest absolute Gasteiger partial charge is 0.305 e. The van der Waals surface area contributed by atoms with Gasteiger partial charge in [0.2, 0.25) is 0 Å². The summed E-state index contributed by atoms with van der Waals surface area (Å²) in [7, 11) is 0. The predicted molar refractivity (Wildman–Crippen MR) is 110 cm³/mol. The van der Waals surface area contributed by atoms with E-state index in [1.165, 1.54) is 24.1 Å². The van der Waals surface area contributed by atoms with Crippen molar-refractivity contribution < 1.29 is 0 Å². The van der Waals surface area contributed by atoms with Crippen molar-refractivity contribution >= 4 is 32.4 Å². The molecule has 0 bridgehead atoms. The van der Waals surface area contributed by atoms with Crippen LogP contribution in [-0.2, 0) is 6.54 Å². The fourth-order valence-corrected chi connectivity index (χ4v) is 4.15. The molecule has 26 heavy (non-hydrogen) atoms. The van der Waals surface area contributed by atoms with E-state index >= 15 is 0 Å². The minimum absolute atomic E-state index is 0.736. The van der Waals surface area contributed by atoms with Gasteiger partial charge in [-0.05, 0) is 42.7 Å². The molecule has 0 saturated carbocycles. The fraction of sp³-hybridized carbons (Fsp3) is 0.227. The van der Waals surface area contributed by atoms with Crippen LogP contribution in [0.4, 0.5) is 5.69 Å². The lowest BCUT2D eigenvalue weighted by Gasteiger charge is -2.41. The van der Waals surface area contributed by atoms with Crippen molar-refractivity contribution in [3.05, 3.63) is 76.3 Å². The van der Waals surface area contributed by atoms with Gasteiger partial charge in [-0.25, -0.2) is 5.01 Å². The Bertz CT molecular complexity index is 977. The summed E-state index contributed by atoms with van der Waals surface area (Å²) < 4.78 is 1.11. The van der Waals surface area contributed by atoms with Crippen LogP contribution >= 0.6 is 15.9 Å². The predicted octanol–water partition coefficient (Wildman–Crippen LogP) is 5.49. The molecule has 0 atom stereocenters. The van der Waals surface area contributed by atoms with Gasteiger partial charge in [0, 0.05) is 34.9 Å². The van der Waals surface area contributed by atoms with E-state index in [0.29, 0.717) is 0 Å². The van der Waals surface area contributed by atoms with Gasteiger partial charge in [0.05, 0.1) is 17.3 Å². The Morgan fingerprint density at radius 2 is 1.73 bits per heavy atom. The summed E-state index contributed by atoms with van der Waals surface area (Å²) in [5.41, 5.74) is 3.22. The van der Waals surface area contributed by atoms with Gasteiger partial charge < -0.3 is 5.01 Å². The highest BCUT2D eigenvalue weighted by atomic mass is 79.9. The molecule has 4 heteroatoms. The summed E-state index contributed by atoms with van der Waals surface area (Å²) in [6.45, 7) is 2.93. The van der Waals surface area contributed by atoms with Gasteiger partial charge in [-0.3, -0.25) is 0 Å². The van der Waals surface area contributed by atoms with E-state index < -0.39 is 0 Å². The molecule has 0 amide bonds. The molecule has 0 spiro atoms. The first-order valence-electron chi connectivity index (χ1n) is 8.95. The van der Waals surface area contributed by atoms with Gasteiger partial charge in [-0.2, -0.15) is 5.26 Å². The van der Waals surface area contributed by atoms with Gasteiger partial charge in [0.15, 0.2) is 0 Å². The number of nitrogens with zero attached hydrogens (tertiary/aromatic N) is 3. The number of hydrazine groups is 1. The molecule has 4 rings (SSSR count). The van der Waals surface area contributed by atoms with Crippen LogP contribution in [0.15, 0.2) is 65.1 Å². The summed E-state index contributed by atoms with van der Waals surface area (Å²) in [6, 6.07) is 23.1. The Kier molecular flexibility index (Phi) is 4.92. The third-order valence-corrected chi connectivity index (χ3v) is 5.42. The Balaban J connectivity index is 1.73. The molecule has 0 radical (unpaired) electrons. The quantitative estimate of drug-likeness (QED) is 0.576. The van der Waals surface area contributed by atoms with Crippen molar-refractivity contribution in [3.63, 3.8) is 0 Å². The number of hydrogen-bond donors (Lipinski definition) is 0. The lowest BCUT2D eigenvalue weighted by Crippen LogP contribution is -2.47. The summed E-state index contributed by atoms with van der Waals surface area (Å²) in [6.07, 6.45) is 2.39. The summed E-state index contributed by atoms with van der Waals surface area (Å²) in [5.74, 6) is 0. The molecule has 3 aromatic carbocycles. The van der Waals surface area contributed by atoms with Crippen LogP contribution in [0.25, 0.3) is 10.8 Å². The zero-order valence-corrected chi connectivity index (χ0v) is 16.1. The van der Waals surface area contributed by atoms with E-state index in [-0.39, 0.29) is 0 Å². The Morgan fingerprint density at radius 1 is 0.923 bits per heavy atom. The average Bonchev–Trinajstić information content (AvgIpc) is 2.68. The third kappa shape index (κ3) is 3.33. The minimum atomic E-state index is 0.736. The van der Waals surface area contributed by atoms with Gasteiger partial charge in [-0.15, -0.1) is 0 Å². The van der Waals surface area contributed by atoms with Crippen LogP contribution in [0.5, 0.6) is 0 Å². The molecule has 1 aliphatic heterocycles. The molecule has 1 heterocycles. The number of benzene rings is 3. The molecule has 1 fully saturated rings. The van der Waals surface area contributed by atoms with E-state index in [0.717, 1.165) is 40.4 Å². The first-order valence-corrected chi connectivity index (χ1v) is 9.74. The van der Waals surface area contributed by atoms with Crippen LogP contribution in [0.1, 0.15) is 24.0 Å². The highest BCUT2D eigenvalue weighted by molar-refractivity contribution is 9.10. The minimum Gasteiger partial charge on any atom is -0.305 e. The number of halogens is 1. The Labute approximate surface area is 162 Å². The maximum atomic E-state index is 9.43. The van der Waals surface area contributed by atoms with Crippen LogP contribution < -0.4 is 5.01 Å². The summed E-state index contributed by atoms with van der Waals surface area (Å²) >= 11 is 3.57. The second kappa shape index (κ2) is 7.49. The third-order valence-electron chi connectivity index (χ3n) is 4.93. The van der Waals surface area contributed by atoms with Crippen LogP contribution in [0, 0.1) is 11.3 Å². The fourth-order valence-electron chi connectivity index (χ4n) is 3.71. The number of nitriles is 1. The molecule has 130 valence electrons. The molecule has 0 N–H and O–H groups in total. The van der Waals surface area contributed by atoms with Crippen molar-refractivity contribution in [1.82, 2.24) is 5.01 Å². The maximum Gasteiger partial charge on any atom is 0.0998 e. The number of hydrogen-bond acceptors (Lipinski definition) is 3. The topological polar surface area (TPSA) is 30.3 Å². The number of anilines is 1. The number of fused-ring (bicyclic) bond motifs is 1. The SMILES string of the molecule is N#Cc1ccc(N2CCCCN2Cc2cccc(Br)c2)c2ccccc12. The molecular formula is C22H20BrN3. The van der Waals surface area contributed by atoms with Crippen molar-refractivity contribution in [2.45, 2.75) is 19.4 Å². The first-order chi connectivity index (χ1) is 12.8. The Hall–Kier alpha value is -2.35. The van der Waals surface area contributed by atoms with Crippen LogP contribution in [0.3, 0.4) is 0 Å². The standard InChI is InChI=1S/C22H20BrN3/c23-19-7-5-6-17(14-19)16-25-12-3-4-13-26(25)22-11-10-18(15-24)20-8-1-2-9-21(20)22/h1-2,5-11,14H,3-4,12-13,16H2. The second-order valence-corrected chi connectivity index (χ2v) is 7.55. The summed E-state index contributed by atoms with van der Waals surface area (Å²) in [5, 5.41) is 16.4. The van der Waals surface area contributed by atoms with Gasteiger partial charge in [0.25, 0.3) is 0 Å². The molecule has 1 aliphatic rings. The second-order valence-electron chi connectivity index (χ2n) is 6.64. The van der Waals surface area contributed by atoms with Crippen molar-refractivity contribution in [2.75, 3.05) is 18.1 Å². The lowest BCUT2D eigenvalue weighted by molar-refractivity contribution is 0.205. The molecule has 0 aromatic heterocycles. The molecule has 1 saturated heterocycles. The highest BCUT2D eigenvalue weighted by Crippen LogP contribution is 2.32. The average molecular weight is 406 g/mol. The number of rotatable bonds is 3. The van der Waals surface area contributed by atoms with E-state index in [4.69, 9.17) is 0 Å². The lowest BCUT2D eigenvalue weighted by atomic mass is 10.0. The monoisotopic (exact) mass is 405 g/mol. The van der Waals surface area contributed by atoms with Crippen molar-refractivity contribution in [2.24, 2.45) is 0 Å². The zero-order chi connectivity index (χ0) is 17.9. The molecule has 3 aromatic rings. The van der Waals surface area contributed by atoms with Gasteiger partial charge >= 0.3 is 0 Å². The van der Waals surface area contributed by atoms with Gasteiger partial charge in [0.1, 0.15) is 0 Å². The first kappa shape index (κ1) is 17.1. The normalized spacial score (nSPS) is 15.2. The van der Waals surface area contributed by atoms with E-state index in [1.807, 2.05) is 18.2 Å². The highest BCUT2D eigenvalue weighted by Gasteiger charge is 2.22. The van der Waals surface area contributed by atoms with E-state index in [2.05, 4.69) is 74.5 Å². The molecule has 0 unspecified atom stereocenters. The van der Waals surface area contributed by atoms with Crippen molar-refractivity contribution in [1.29, 1.82) is 5.26 Å². The van der Waals surface area contributed by atoms with Gasteiger partial charge in [-0.1, -0.05) is 52.3 Å². The van der Waals surface area contributed by atoms with Crippen molar-refractivity contribution in [3.8, 4) is 6.07 Å². The molecule has 0 aliphatic carbocycles. The smallest absolute Gasteiger partial charge is 0.0998 e. The van der Waals surface area contributed by atoms with Crippen LogP contribution in [0.2, 0.25) is 0 Å². The summed E-state index contributed by atoms with van der Waals surface area (Å²) in [4.78, 5) is 0. The Morgan fingerprint density at radius 3 is 2.54 bits per heavy atom. The molecular weight excluding hydrogens is 386 g/mol. The van der Waals surface area contributed by atoms with E-state index in [9.17, 15) is 5.26 Å². The maximum absolute atomic E-state index is 9.43. The zero-order valence-electron chi connectivity index (χ0n) is 14.5. The van der Waals surface area contributed by atoms with Crippen LogP contribution in [-0.4, -0.2) is 18.1 Å². The van der Waals surface area contributed by atoms with E-state index in [1.54, 1.807) is 0 Å². The molecule has 3 nitrogen and oxygen atoms in total.